The molecule has 0 saturated carbocycles. The van der Waals surface area contributed by atoms with E-state index in [0.29, 0.717) is 11.1 Å². The van der Waals surface area contributed by atoms with Crippen LogP contribution in [-0.2, 0) is 0 Å². The Kier molecular flexibility index (Phi) is 4.75. The highest BCUT2D eigenvalue weighted by atomic mass is 19.4. The molecule has 112 valence electrons. The molecule has 0 unspecified atom stereocenters. The van der Waals surface area contributed by atoms with E-state index in [9.17, 15) is 22.1 Å². The normalized spacial score (nSPS) is 20.3. The van der Waals surface area contributed by atoms with E-state index in [2.05, 4.69) is 18.5 Å². The van der Waals surface area contributed by atoms with Gasteiger partial charge < -0.3 is 0 Å². The van der Waals surface area contributed by atoms with Crippen molar-refractivity contribution in [3.8, 4) is 0 Å². The molecule has 0 atom stereocenters. The highest BCUT2D eigenvalue weighted by molar-refractivity contribution is 5.37. The van der Waals surface area contributed by atoms with Crippen molar-refractivity contribution >= 4 is 0 Å². The molecule has 1 fully saturated rings. The fraction of sp³-hybridized carbons (Fsp3) is 0.385. The minimum atomic E-state index is -3.66. The van der Waals surface area contributed by atoms with Crippen molar-refractivity contribution in [3.63, 3.8) is 0 Å². The first-order chi connectivity index (χ1) is 9.10. The molecule has 0 aromatic heterocycles. The van der Waals surface area contributed by atoms with Crippen molar-refractivity contribution in [2.24, 2.45) is 0 Å². The maximum atomic E-state index is 13.1. The van der Waals surface area contributed by atoms with Gasteiger partial charge in [-0.1, -0.05) is 18.7 Å². The molecule has 0 aromatic carbocycles. The third-order valence-electron chi connectivity index (χ3n) is 2.86. The van der Waals surface area contributed by atoms with Crippen LogP contribution in [0.3, 0.4) is 0 Å². The number of nitrogens with zero attached hydrogens (tertiary/aromatic N) is 1. The molecule has 0 radical (unpaired) electrons. The lowest BCUT2D eigenvalue weighted by molar-refractivity contribution is -1.17. The van der Waals surface area contributed by atoms with Crippen molar-refractivity contribution < 1.29 is 27.1 Å². The van der Waals surface area contributed by atoms with E-state index in [1.165, 1.54) is 6.08 Å². The van der Waals surface area contributed by atoms with Crippen LogP contribution in [0.2, 0.25) is 0 Å². The molecule has 1 saturated heterocycles. The molecule has 1 aliphatic heterocycles. The SMILES string of the molecule is C=C(C)/C(=C/C(=C)C(F)(F)CF)C/C=C1\NC[N+]1(F)F. The summed E-state index contributed by atoms with van der Waals surface area (Å²) < 4.78 is 64.2. The van der Waals surface area contributed by atoms with E-state index < -0.39 is 29.8 Å². The second-order valence-corrected chi connectivity index (χ2v) is 4.57. The zero-order chi connectivity index (χ0) is 15.6. The smallest absolute Gasteiger partial charge is 0.282 e. The molecule has 0 aromatic rings. The first kappa shape index (κ1) is 16.4. The van der Waals surface area contributed by atoms with Crippen molar-refractivity contribution in [1.29, 1.82) is 0 Å². The second kappa shape index (κ2) is 5.78. The second-order valence-electron chi connectivity index (χ2n) is 4.57. The van der Waals surface area contributed by atoms with Gasteiger partial charge in [-0.05, 0) is 25.0 Å². The van der Waals surface area contributed by atoms with Gasteiger partial charge in [0.2, 0.25) is 6.67 Å². The summed E-state index contributed by atoms with van der Waals surface area (Å²) in [6.45, 7) is 5.89. The van der Waals surface area contributed by atoms with Gasteiger partial charge in [0.25, 0.3) is 11.7 Å². The van der Waals surface area contributed by atoms with Crippen LogP contribution in [0.25, 0.3) is 0 Å². The Morgan fingerprint density at radius 2 is 2.00 bits per heavy atom. The lowest BCUT2D eigenvalue weighted by Crippen LogP contribution is -2.54. The van der Waals surface area contributed by atoms with Gasteiger partial charge in [0.15, 0.2) is 6.67 Å². The van der Waals surface area contributed by atoms with Crippen LogP contribution in [0.5, 0.6) is 0 Å². The summed E-state index contributed by atoms with van der Waals surface area (Å²) in [7, 11) is 0. The lowest BCUT2D eigenvalue weighted by Gasteiger charge is -2.25. The number of allylic oxidation sites excluding steroid dienone is 5. The Balaban J connectivity index is 2.86. The van der Waals surface area contributed by atoms with Crippen LogP contribution >= 0.6 is 0 Å². The Labute approximate surface area is 114 Å². The number of halogens is 5. The molecular weight excluding hydrogens is 279 g/mol. The Morgan fingerprint density at radius 3 is 2.35 bits per heavy atom. The fourth-order valence-corrected chi connectivity index (χ4v) is 1.46. The van der Waals surface area contributed by atoms with Gasteiger partial charge >= 0.3 is 0 Å². The molecule has 1 rings (SSSR count). The molecule has 1 N–H and O–H groups in total. The summed E-state index contributed by atoms with van der Waals surface area (Å²) >= 11 is 0. The Morgan fingerprint density at radius 1 is 1.40 bits per heavy atom. The van der Waals surface area contributed by atoms with Crippen LogP contribution in [0.4, 0.5) is 22.1 Å². The average Bonchev–Trinajstić information content (AvgIpc) is 2.35. The summed E-state index contributed by atoms with van der Waals surface area (Å²) in [4.78, 5) is -2.27. The van der Waals surface area contributed by atoms with Gasteiger partial charge in [-0.2, -0.15) is 8.78 Å². The largest absolute Gasteiger partial charge is 0.300 e. The molecule has 0 aliphatic carbocycles. The van der Waals surface area contributed by atoms with Crippen molar-refractivity contribution in [2.45, 2.75) is 19.3 Å². The summed E-state index contributed by atoms with van der Waals surface area (Å²) in [6.07, 6.45) is 2.15. The monoisotopic (exact) mass is 295 g/mol. The van der Waals surface area contributed by atoms with Gasteiger partial charge in [-0.25, -0.2) is 4.39 Å². The number of nitrogens with one attached hydrogen (secondary N) is 1. The van der Waals surface area contributed by atoms with Crippen LogP contribution in [0.15, 0.2) is 47.9 Å². The van der Waals surface area contributed by atoms with Crippen LogP contribution in [-0.4, -0.2) is 24.2 Å². The zero-order valence-corrected chi connectivity index (χ0v) is 11.0. The highest BCUT2D eigenvalue weighted by Crippen LogP contribution is 2.29. The van der Waals surface area contributed by atoms with E-state index in [-0.39, 0.29) is 12.2 Å². The highest BCUT2D eigenvalue weighted by Gasteiger charge is 2.46. The summed E-state index contributed by atoms with van der Waals surface area (Å²) in [5.41, 5.74) is 0.0105. The third-order valence-corrected chi connectivity index (χ3v) is 2.86. The lowest BCUT2D eigenvalue weighted by atomic mass is 10.0. The number of rotatable bonds is 6. The molecule has 0 spiro atoms. The van der Waals surface area contributed by atoms with Gasteiger partial charge in [-0.3, -0.25) is 5.32 Å². The number of hydrogen-bond acceptors (Lipinski definition) is 1. The number of alkyl halides is 3. The molecule has 20 heavy (non-hydrogen) atoms. The van der Waals surface area contributed by atoms with Crippen LogP contribution < -0.4 is 5.32 Å². The maximum absolute atomic E-state index is 13.1. The predicted molar refractivity (Wildman–Crippen MR) is 66.1 cm³/mol. The van der Waals surface area contributed by atoms with Crippen molar-refractivity contribution in [3.05, 3.63) is 47.9 Å². The van der Waals surface area contributed by atoms with Crippen LogP contribution in [0, 0.1) is 0 Å². The van der Waals surface area contributed by atoms with E-state index in [1.54, 1.807) is 6.92 Å². The first-order valence-corrected chi connectivity index (χ1v) is 5.82. The quantitative estimate of drug-likeness (QED) is 0.443. The fourth-order valence-electron chi connectivity index (χ4n) is 1.46. The number of hydrogen-bond donors (Lipinski definition) is 1. The zero-order valence-electron chi connectivity index (χ0n) is 11.0. The van der Waals surface area contributed by atoms with Gasteiger partial charge in [0, 0.05) is 11.6 Å². The molecule has 0 amide bonds. The predicted octanol–water partition coefficient (Wildman–Crippen LogP) is 4.03. The summed E-state index contributed by atoms with van der Waals surface area (Å²) in [6, 6.07) is 0. The summed E-state index contributed by atoms with van der Waals surface area (Å²) in [5.74, 6) is -3.97. The Hall–Kier alpha value is -1.63. The minimum Gasteiger partial charge on any atom is -0.282 e. The molecule has 1 heterocycles. The average molecular weight is 295 g/mol. The van der Waals surface area contributed by atoms with E-state index >= 15 is 0 Å². The molecular formula is C13H16F5N2+. The summed E-state index contributed by atoms with van der Waals surface area (Å²) in [5, 5.41) is 2.42. The molecule has 1 aliphatic rings. The standard InChI is InChI=1S/C13H16F5N2/c1-9(2)11(6-10(3)13(15,16)7-14)4-5-12-19-8-20(12,17)18/h5-6,19H,1,3-4,7-8H2,2H3/q+1/b11-6+,12-5+. The van der Waals surface area contributed by atoms with Crippen molar-refractivity contribution in [1.82, 2.24) is 5.32 Å². The topological polar surface area (TPSA) is 12.0 Å². The van der Waals surface area contributed by atoms with Gasteiger partial charge in [0.05, 0.1) is 8.96 Å². The number of quaternary nitrogens is 1. The first-order valence-electron chi connectivity index (χ1n) is 5.82. The molecule has 7 heteroatoms. The van der Waals surface area contributed by atoms with E-state index in [1.807, 2.05) is 0 Å². The minimum absolute atomic E-state index is 0.0209. The van der Waals surface area contributed by atoms with Gasteiger partial charge in [0.1, 0.15) is 4.93 Å². The maximum Gasteiger partial charge on any atom is 0.300 e. The molecule has 2 nitrogen and oxygen atoms in total. The van der Waals surface area contributed by atoms with E-state index in [4.69, 9.17) is 0 Å². The van der Waals surface area contributed by atoms with E-state index in [0.717, 1.165) is 6.08 Å². The Bertz CT molecular complexity index is 477. The van der Waals surface area contributed by atoms with Crippen molar-refractivity contribution in [2.75, 3.05) is 13.3 Å². The third kappa shape index (κ3) is 3.69. The van der Waals surface area contributed by atoms with Crippen LogP contribution in [0.1, 0.15) is 13.3 Å². The van der Waals surface area contributed by atoms with Gasteiger partial charge in [-0.15, -0.1) is 0 Å². The molecule has 0 bridgehead atoms.